The Morgan fingerprint density at radius 2 is 1.84 bits per heavy atom. The molecule has 0 aliphatic carbocycles. The number of rotatable bonds is 7. The molecule has 3 aromatic rings. The second-order valence-corrected chi connectivity index (χ2v) is 8.74. The second kappa shape index (κ2) is 10.7. The molecule has 7 nitrogen and oxygen atoms in total. The molecule has 2 aromatic heterocycles. The summed E-state index contributed by atoms with van der Waals surface area (Å²) in [4.78, 5) is 30.3. The van der Waals surface area contributed by atoms with Crippen LogP contribution in [0.3, 0.4) is 0 Å². The molecule has 2 atom stereocenters. The zero-order valence-electron chi connectivity index (χ0n) is 20.2. The monoisotopic (exact) mass is 518 g/mol. The highest BCUT2D eigenvalue weighted by atomic mass is 19.4. The zero-order valence-corrected chi connectivity index (χ0v) is 20.2. The predicted molar refractivity (Wildman–Crippen MR) is 126 cm³/mol. The summed E-state index contributed by atoms with van der Waals surface area (Å²) in [5.74, 6) is -1.28. The Bertz CT molecular complexity index is 1270. The largest absolute Gasteiger partial charge is 0.417 e. The highest BCUT2D eigenvalue weighted by Crippen LogP contribution is 2.29. The van der Waals surface area contributed by atoms with E-state index in [2.05, 4.69) is 15.6 Å². The third kappa shape index (κ3) is 5.82. The average molecular weight is 519 g/mol. The van der Waals surface area contributed by atoms with E-state index in [4.69, 9.17) is 4.74 Å². The number of alkyl halides is 3. The fourth-order valence-electron chi connectivity index (χ4n) is 4.21. The first-order valence-corrected chi connectivity index (χ1v) is 11.8. The van der Waals surface area contributed by atoms with Gasteiger partial charge in [0.2, 0.25) is 0 Å². The number of carbonyl (C=O) groups excluding carboxylic acids is 2. The molecule has 0 spiro atoms. The van der Waals surface area contributed by atoms with Gasteiger partial charge < -0.3 is 19.9 Å². The lowest BCUT2D eigenvalue weighted by atomic mass is 10.1. The number of hydrogen-bond donors (Lipinski definition) is 2. The standard InChI is InChI=1S/C26H26F4N4O3/c1-3-20(21-9-6-17(13-31-21)26(28,29)30)33-24(35)19-12-22(34-10-11-37-14-23(19)34)25(36)32-15(2)16-4-7-18(27)8-5-16/h4-9,12-13,15,20H,3,10-11,14H2,1-2H3,(H,32,36)(H,33,35)/t15-,20-/m1/s1. The fraction of sp³-hybridized carbons (Fsp3) is 0.346. The zero-order chi connectivity index (χ0) is 26.7. The normalized spacial score (nSPS) is 15.0. The Kier molecular flexibility index (Phi) is 7.63. The Balaban J connectivity index is 1.54. The maximum Gasteiger partial charge on any atom is 0.417 e. The van der Waals surface area contributed by atoms with E-state index in [1.165, 1.54) is 24.3 Å². The van der Waals surface area contributed by atoms with Gasteiger partial charge in [-0.15, -0.1) is 0 Å². The summed E-state index contributed by atoms with van der Waals surface area (Å²) in [6.07, 6.45) is -3.38. The molecule has 2 amide bonds. The van der Waals surface area contributed by atoms with Gasteiger partial charge in [-0.2, -0.15) is 13.2 Å². The lowest BCUT2D eigenvalue weighted by Crippen LogP contribution is -2.31. The van der Waals surface area contributed by atoms with Crippen LogP contribution in [0.25, 0.3) is 0 Å². The van der Waals surface area contributed by atoms with Crippen molar-refractivity contribution in [3.05, 3.63) is 88.3 Å². The Morgan fingerprint density at radius 1 is 1.11 bits per heavy atom. The summed E-state index contributed by atoms with van der Waals surface area (Å²) < 4.78 is 59.1. The van der Waals surface area contributed by atoms with Crippen LogP contribution >= 0.6 is 0 Å². The molecule has 1 aliphatic heterocycles. The van der Waals surface area contributed by atoms with Crippen LogP contribution in [-0.2, 0) is 24.1 Å². The topological polar surface area (TPSA) is 85.2 Å². The van der Waals surface area contributed by atoms with Crippen LogP contribution in [0.15, 0.2) is 48.7 Å². The number of halogens is 4. The summed E-state index contributed by atoms with van der Waals surface area (Å²) in [5, 5.41) is 5.69. The van der Waals surface area contributed by atoms with Crippen molar-refractivity contribution in [2.75, 3.05) is 6.61 Å². The lowest BCUT2D eigenvalue weighted by Gasteiger charge is -2.21. The van der Waals surface area contributed by atoms with Gasteiger partial charge in [-0.1, -0.05) is 19.1 Å². The molecule has 0 saturated heterocycles. The van der Waals surface area contributed by atoms with Crippen molar-refractivity contribution in [3.8, 4) is 0 Å². The Labute approximate surface area is 210 Å². The van der Waals surface area contributed by atoms with Crippen LogP contribution in [0.4, 0.5) is 17.6 Å². The number of fused-ring (bicyclic) bond motifs is 1. The van der Waals surface area contributed by atoms with Gasteiger partial charge in [0.15, 0.2) is 0 Å². The van der Waals surface area contributed by atoms with Crippen LogP contribution in [0, 0.1) is 5.82 Å². The number of benzene rings is 1. The van der Waals surface area contributed by atoms with E-state index < -0.39 is 35.6 Å². The molecule has 11 heteroatoms. The van der Waals surface area contributed by atoms with E-state index in [0.717, 1.165) is 17.8 Å². The minimum absolute atomic E-state index is 0.124. The maximum absolute atomic E-state index is 13.2. The second-order valence-electron chi connectivity index (χ2n) is 8.74. The first kappa shape index (κ1) is 26.3. The third-order valence-electron chi connectivity index (χ3n) is 6.29. The third-order valence-corrected chi connectivity index (χ3v) is 6.29. The van der Waals surface area contributed by atoms with Crippen LogP contribution in [0.1, 0.15) is 75.7 Å². The number of amides is 2. The Hall–Kier alpha value is -3.73. The van der Waals surface area contributed by atoms with E-state index in [-0.39, 0.29) is 23.7 Å². The highest BCUT2D eigenvalue weighted by molar-refractivity contribution is 6.01. The molecule has 2 N–H and O–H groups in total. The van der Waals surface area contributed by atoms with Gasteiger partial charge in [0.25, 0.3) is 11.8 Å². The average Bonchev–Trinajstić information content (AvgIpc) is 3.27. The molecule has 0 radical (unpaired) electrons. The van der Waals surface area contributed by atoms with Crippen LogP contribution < -0.4 is 10.6 Å². The number of hydrogen-bond acceptors (Lipinski definition) is 4. The fourth-order valence-corrected chi connectivity index (χ4v) is 4.21. The number of nitrogens with one attached hydrogen (secondary N) is 2. The number of nitrogens with zero attached hydrogens (tertiary/aromatic N) is 2. The maximum atomic E-state index is 13.2. The first-order valence-electron chi connectivity index (χ1n) is 11.8. The minimum atomic E-state index is -4.51. The Morgan fingerprint density at radius 3 is 2.46 bits per heavy atom. The van der Waals surface area contributed by atoms with Gasteiger partial charge >= 0.3 is 6.18 Å². The quantitative estimate of drug-likeness (QED) is 0.434. The van der Waals surface area contributed by atoms with Gasteiger partial charge in [-0.3, -0.25) is 14.6 Å². The van der Waals surface area contributed by atoms with E-state index in [1.807, 2.05) is 0 Å². The van der Waals surface area contributed by atoms with Crippen molar-refractivity contribution in [3.63, 3.8) is 0 Å². The number of carbonyl (C=O) groups is 2. The van der Waals surface area contributed by atoms with E-state index in [1.54, 1.807) is 30.5 Å². The van der Waals surface area contributed by atoms with Crippen molar-refractivity contribution in [1.82, 2.24) is 20.2 Å². The summed E-state index contributed by atoms with van der Waals surface area (Å²) in [5.41, 5.74) is 1.18. The molecule has 0 bridgehead atoms. The molecule has 37 heavy (non-hydrogen) atoms. The van der Waals surface area contributed by atoms with Gasteiger partial charge in [-0.05, 0) is 49.2 Å². The molecule has 0 fully saturated rings. The van der Waals surface area contributed by atoms with E-state index >= 15 is 0 Å². The van der Waals surface area contributed by atoms with E-state index in [9.17, 15) is 27.2 Å². The van der Waals surface area contributed by atoms with Gasteiger partial charge in [0.05, 0.1) is 47.8 Å². The van der Waals surface area contributed by atoms with Gasteiger partial charge in [0.1, 0.15) is 11.5 Å². The van der Waals surface area contributed by atoms with Crippen LogP contribution in [0.2, 0.25) is 0 Å². The molecule has 4 rings (SSSR count). The van der Waals surface area contributed by atoms with Crippen molar-refractivity contribution in [1.29, 1.82) is 0 Å². The summed E-state index contributed by atoms with van der Waals surface area (Å²) >= 11 is 0. The van der Waals surface area contributed by atoms with Crippen molar-refractivity contribution in [2.24, 2.45) is 0 Å². The molecule has 1 aromatic carbocycles. The molecular formula is C26H26F4N4O3. The molecular weight excluding hydrogens is 492 g/mol. The number of ether oxygens (including phenoxy) is 1. The lowest BCUT2D eigenvalue weighted by molar-refractivity contribution is -0.137. The highest BCUT2D eigenvalue weighted by Gasteiger charge is 2.31. The van der Waals surface area contributed by atoms with Crippen LogP contribution in [-0.4, -0.2) is 28.0 Å². The molecule has 1 aliphatic rings. The van der Waals surface area contributed by atoms with Crippen molar-refractivity contribution < 1.29 is 31.9 Å². The minimum Gasteiger partial charge on any atom is -0.373 e. The smallest absolute Gasteiger partial charge is 0.373 e. The summed E-state index contributed by atoms with van der Waals surface area (Å²) in [6, 6.07) is 8.40. The van der Waals surface area contributed by atoms with Crippen LogP contribution in [0.5, 0.6) is 0 Å². The summed E-state index contributed by atoms with van der Waals surface area (Å²) in [7, 11) is 0. The van der Waals surface area contributed by atoms with Gasteiger partial charge in [-0.25, -0.2) is 4.39 Å². The first-order chi connectivity index (χ1) is 17.6. The summed E-state index contributed by atoms with van der Waals surface area (Å²) in [6.45, 7) is 4.40. The number of pyridine rings is 1. The molecule has 196 valence electrons. The molecule has 0 unspecified atom stereocenters. The predicted octanol–water partition coefficient (Wildman–Crippen LogP) is 4.94. The molecule has 0 saturated carbocycles. The van der Waals surface area contributed by atoms with Crippen molar-refractivity contribution in [2.45, 2.75) is 51.7 Å². The molecule has 3 heterocycles. The van der Waals surface area contributed by atoms with E-state index in [0.29, 0.717) is 31.0 Å². The SMILES string of the molecule is CC[C@@H](NC(=O)c1cc(C(=O)N[C@H](C)c2ccc(F)cc2)n2c1COCC2)c1ccc(C(F)(F)F)cn1. The van der Waals surface area contributed by atoms with Crippen molar-refractivity contribution >= 4 is 11.8 Å². The van der Waals surface area contributed by atoms with Gasteiger partial charge in [0, 0.05) is 12.7 Å². The number of aromatic nitrogens is 2.